The van der Waals surface area contributed by atoms with Crippen LogP contribution in [0.4, 0.5) is 4.39 Å². The normalized spacial score (nSPS) is 20.2. The summed E-state index contributed by atoms with van der Waals surface area (Å²) in [5.41, 5.74) is 1.41. The topological polar surface area (TPSA) is 61.4 Å². The molecule has 5 nitrogen and oxygen atoms in total. The van der Waals surface area contributed by atoms with Gasteiger partial charge in [-0.15, -0.1) is 0 Å². The number of halogens is 2. The molecule has 3 aromatic rings. The second-order valence-electron chi connectivity index (χ2n) is 9.14. The number of hydrogen-bond donors (Lipinski definition) is 2. The highest BCUT2D eigenvalue weighted by molar-refractivity contribution is 6.31. The van der Waals surface area contributed by atoms with Gasteiger partial charge in [0, 0.05) is 30.7 Å². The fourth-order valence-electron chi connectivity index (χ4n) is 4.78. The predicted molar refractivity (Wildman–Crippen MR) is 131 cm³/mol. The van der Waals surface area contributed by atoms with Crippen molar-refractivity contribution in [2.24, 2.45) is 5.92 Å². The van der Waals surface area contributed by atoms with Crippen molar-refractivity contribution in [3.05, 3.63) is 82.6 Å². The Morgan fingerprint density at radius 2 is 1.85 bits per heavy atom. The molecular formula is C27H27ClFN3O2. The van der Waals surface area contributed by atoms with E-state index in [9.17, 15) is 14.0 Å². The Bertz CT molecular complexity index is 1220. The first kappa shape index (κ1) is 22.8. The minimum Gasteiger partial charge on any atom is -0.348 e. The maximum atomic E-state index is 13.8. The van der Waals surface area contributed by atoms with Crippen molar-refractivity contribution in [3.63, 3.8) is 0 Å². The Labute approximate surface area is 203 Å². The van der Waals surface area contributed by atoms with Gasteiger partial charge in [0.2, 0.25) is 5.91 Å². The Morgan fingerprint density at radius 3 is 2.65 bits per heavy atom. The number of carbonyl (C=O) groups excluding carboxylic acids is 2. The lowest BCUT2D eigenvalue weighted by atomic mass is 9.91. The van der Waals surface area contributed by atoms with Gasteiger partial charge in [0.15, 0.2) is 0 Å². The Hall–Kier alpha value is -2.96. The molecule has 2 atom stereocenters. The molecule has 1 saturated heterocycles. The third kappa shape index (κ3) is 4.79. The van der Waals surface area contributed by atoms with E-state index in [0.717, 1.165) is 29.2 Å². The summed E-state index contributed by atoms with van der Waals surface area (Å²) < 4.78 is 13.5. The van der Waals surface area contributed by atoms with Gasteiger partial charge in [0.25, 0.3) is 5.91 Å². The van der Waals surface area contributed by atoms with E-state index in [4.69, 9.17) is 11.6 Å². The SMILES string of the molecule is O=C(NC1CCNCC1C(=O)N(Cc1cccc2ccccc12)C1CC1)c1ccc(F)c(Cl)c1. The molecule has 1 saturated carbocycles. The van der Waals surface area contributed by atoms with Gasteiger partial charge in [-0.25, -0.2) is 4.39 Å². The third-order valence-corrected chi connectivity index (χ3v) is 7.08. The number of hydrogen-bond acceptors (Lipinski definition) is 3. The molecule has 0 radical (unpaired) electrons. The van der Waals surface area contributed by atoms with E-state index in [1.54, 1.807) is 0 Å². The molecule has 5 rings (SSSR count). The zero-order valence-corrected chi connectivity index (χ0v) is 19.5. The molecule has 2 amide bonds. The van der Waals surface area contributed by atoms with E-state index in [-0.39, 0.29) is 40.4 Å². The van der Waals surface area contributed by atoms with Crippen molar-refractivity contribution in [1.82, 2.24) is 15.5 Å². The molecule has 0 spiro atoms. The Balaban J connectivity index is 1.35. The lowest BCUT2D eigenvalue weighted by Crippen LogP contribution is -2.55. The number of amides is 2. The molecule has 34 heavy (non-hydrogen) atoms. The lowest BCUT2D eigenvalue weighted by Gasteiger charge is -2.36. The fourth-order valence-corrected chi connectivity index (χ4v) is 4.96. The van der Waals surface area contributed by atoms with Gasteiger partial charge in [0.1, 0.15) is 5.82 Å². The molecule has 2 unspecified atom stereocenters. The smallest absolute Gasteiger partial charge is 0.251 e. The Kier molecular flexibility index (Phi) is 6.53. The summed E-state index contributed by atoms with van der Waals surface area (Å²) in [6.07, 6.45) is 2.65. The van der Waals surface area contributed by atoms with E-state index in [0.29, 0.717) is 26.1 Å². The second kappa shape index (κ2) is 9.72. The fraction of sp³-hybridized carbons (Fsp3) is 0.333. The van der Waals surface area contributed by atoms with Crippen molar-refractivity contribution in [2.75, 3.05) is 13.1 Å². The summed E-state index contributed by atoms with van der Waals surface area (Å²) in [6.45, 7) is 1.77. The van der Waals surface area contributed by atoms with E-state index < -0.39 is 5.82 Å². The molecule has 1 aliphatic heterocycles. The number of rotatable bonds is 6. The van der Waals surface area contributed by atoms with Crippen LogP contribution >= 0.6 is 11.6 Å². The predicted octanol–water partition coefficient (Wildman–Crippen LogP) is 4.53. The molecule has 2 fully saturated rings. The minimum atomic E-state index is -0.568. The molecule has 0 aromatic heterocycles. The summed E-state index contributed by atoms with van der Waals surface area (Å²) in [5, 5.41) is 8.54. The number of carbonyl (C=O) groups is 2. The quantitative estimate of drug-likeness (QED) is 0.546. The van der Waals surface area contributed by atoms with E-state index >= 15 is 0 Å². The van der Waals surface area contributed by atoms with Crippen molar-refractivity contribution < 1.29 is 14.0 Å². The second-order valence-corrected chi connectivity index (χ2v) is 9.55. The van der Waals surface area contributed by atoms with Crippen LogP contribution in [0.15, 0.2) is 60.7 Å². The van der Waals surface area contributed by atoms with Crippen molar-refractivity contribution in [1.29, 1.82) is 0 Å². The van der Waals surface area contributed by atoms with Crippen LogP contribution in [0.25, 0.3) is 10.8 Å². The summed E-state index contributed by atoms with van der Waals surface area (Å²) in [4.78, 5) is 28.7. The average Bonchev–Trinajstić information content (AvgIpc) is 3.69. The van der Waals surface area contributed by atoms with Crippen LogP contribution in [0.1, 0.15) is 35.2 Å². The van der Waals surface area contributed by atoms with Crippen LogP contribution in [0.3, 0.4) is 0 Å². The van der Waals surface area contributed by atoms with E-state index in [1.807, 2.05) is 23.1 Å². The molecule has 7 heteroatoms. The summed E-state index contributed by atoms with van der Waals surface area (Å²) in [5.74, 6) is -1.23. The zero-order valence-electron chi connectivity index (χ0n) is 18.8. The van der Waals surface area contributed by atoms with Gasteiger partial charge in [-0.3, -0.25) is 9.59 Å². The average molecular weight is 480 g/mol. The molecule has 176 valence electrons. The monoisotopic (exact) mass is 479 g/mol. The van der Waals surface area contributed by atoms with Gasteiger partial charge < -0.3 is 15.5 Å². The number of benzene rings is 3. The van der Waals surface area contributed by atoms with Crippen molar-refractivity contribution in [3.8, 4) is 0 Å². The molecule has 2 N–H and O–H groups in total. The highest BCUT2D eigenvalue weighted by Gasteiger charge is 2.40. The van der Waals surface area contributed by atoms with Gasteiger partial charge >= 0.3 is 0 Å². The maximum absolute atomic E-state index is 13.8. The first-order valence-corrected chi connectivity index (χ1v) is 12.1. The molecule has 3 aromatic carbocycles. The maximum Gasteiger partial charge on any atom is 0.251 e. The van der Waals surface area contributed by atoms with Crippen LogP contribution in [-0.4, -0.2) is 41.9 Å². The highest BCUT2D eigenvalue weighted by atomic mass is 35.5. The zero-order chi connectivity index (χ0) is 23.7. The number of piperidine rings is 1. The standard InChI is InChI=1S/C27H27ClFN3O2/c28-23-14-18(8-11-24(23)29)26(33)31-25-12-13-30-15-22(25)27(34)32(20-9-10-20)16-19-6-3-5-17-4-1-2-7-21(17)19/h1-8,11,14,20,22,25,30H,9-10,12-13,15-16H2,(H,31,33). The van der Waals surface area contributed by atoms with Crippen molar-refractivity contribution in [2.45, 2.75) is 37.9 Å². The van der Waals surface area contributed by atoms with Gasteiger partial charge in [-0.1, -0.05) is 54.1 Å². The highest BCUT2D eigenvalue weighted by Crippen LogP contribution is 2.32. The summed E-state index contributed by atoms with van der Waals surface area (Å²) >= 11 is 5.86. The molecule has 0 bridgehead atoms. The van der Waals surface area contributed by atoms with Crippen LogP contribution in [0, 0.1) is 11.7 Å². The Morgan fingerprint density at radius 1 is 1.06 bits per heavy atom. The minimum absolute atomic E-state index is 0.0603. The lowest BCUT2D eigenvalue weighted by molar-refractivity contribution is -0.138. The molecule has 2 aliphatic rings. The first-order valence-electron chi connectivity index (χ1n) is 11.7. The molecule has 1 heterocycles. The summed E-state index contributed by atoms with van der Waals surface area (Å²) in [7, 11) is 0. The van der Waals surface area contributed by atoms with Crippen LogP contribution in [-0.2, 0) is 11.3 Å². The van der Waals surface area contributed by atoms with Crippen LogP contribution < -0.4 is 10.6 Å². The van der Waals surface area contributed by atoms with Crippen LogP contribution in [0.5, 0.6) is 0 Å². The van der Waals surface area contributed by atoms with Gasteiger partial charge in [-0.05, 0) is 60.3 Å². The number of nitrogens with one attached hydrogen (secondary N) is 2. The number of fused-ring (bicyclic) bond motifs is 1. The van der Waals surface area contributed by atoms with E-state index in [2.05, 4.69) is 34.9 Å². The molecule has 1 aliphatic carbocycles. The summed E-state index contributed by atoms with van der Waals surface area (Å²) in [6, 6.07) is 18.3. The third-order valence-electron chi connectivity index (χ3n) is 6.79. The first-order chi connectivity index (χ1) is 16.5. The van der Waals surface area contributed by atoms with Crippen molar-refractivity contribution >= 4 is 34.2 Å². The molecular weight excluding hydrogens is 453 g/mol. The van der Waals surface area contributed by atoms with Gasteiger partial charge in [0.05, 0.1) is 10.9 Å². The largest absolute Gasteiger partial charge is 0.348 e. The number of nitrogens with zero attached hydrogens (tertiary/aromatic N) is 1. The van der Waals surface area contributed by atoms with E-state index in [1.165, 1.54) is 18.2 Å². The van der Waals surface area contributed by atoms with Gasteiger partial charge in [-0.2, -0.15) is 0 Å². The van der Waals surface area contributed by atoms with Crippen LogP contribution in [0.2, 0.25) is 5.02 Å².